The number of amides is 1. The van der Waals surface area contributed by atoms with Gasteiger partial charge in [0.1, 0.15) is 18.2 Å². The molecule has 0 bridgehead atoms. The number of halogens is 2. The highest BCUT2D eigenvalue weighted by Gasteiger charge is 2.16. The fourth-order valence-electron chi connectivity index (χ4n) is 3.11. The van der Waals surface area contributed by atoms with Gasteiger partial charge >= 0.3 is 0 Å². The molecule has 1 atom stereocenters. The van der Waals surface area contributed by atoms with Crippen molar-refractivity contribution >= 4 is 57.2 Å². The van der Waals surface area contributed by atoms with Crippen LogP contribution in [0.4, 0.5) is 0 Å². The first-order valence-corrected chi connectivity index (χ1v) is 12.3. The van der Waals surface area contributed by atoms with E-state index in [0.717, 1.165) is 18.3 Å². The van der Waals surface area contributed by atoms with Crippen molar-refractivity contribution in [2.45, 2.75) is 19.6 Å². The first-order valence-electron chi connectivity index (χ1n) is 10.1. The number of ether oxygens (including phenoxy) is 2. The quantitative estimate of drug-likeness (QED) is 0.175. The molecule has 1 amide bonds. The van der Waals surface area contributed by atoms with Gasteiger partial charge in [-0.05, 0) is 99.1 Å². The predicted octanol–water partition coefficient (Wildman–Crippen LogP) is 6.27. The maximum Gasteiger partial charge on any atom is 0.262 e. The van der Waals surface area contributed by atoms with Gasteiger partial charge in [-0.1, -0.05) is 42.5 Å². The van der Waals surface area contributed by atoms with Crippen molar-refractivity contribution in [3.8, 4) is 17.6 Å². The lowest BCUT2D eigenvalue weighted by Crippen LogP contribution is -2.27. The van der Waals surface area contributed by atoms with Crippen molar-refractivity contribution in [3.63, 3.8) is 0 Å². The lowest BCUT2D eigenvalue weighted by molar-refractivity contribution is -0.117. The minimum Gasteiger partial charge on any atom is -0.493 e. The van der Waals surface area contributed by atoms with Crippen LogP contribution in [0.3, 0.4) is 0 Å². The van der Waals surface area contributed by atoms with Gasteiger partial charge in [0.05, 0.1) is 16.7 Å². The molecule has 0 aliphatic rings. The Morgan fingerprint density at radius 1 is 1.12 bits per heavy atom. The standard InChI is InChI=1S/C26H22I2N2O3/c1-17(20-6-4-3-5-7-20)30-26(31)21(15-29)12-19-13-23(28)25(24(14-19)32-2)33-16-18-8-10-22(27)11-9-18/h3-14,17H,16H2,1-2H3,(H,30,31)/b21-12-/t17-/m0/s1. The Balaban J connectivity index is 1.78. The molecule has 0 heterocycles. The Kier molecular flexibility index (Phi) is 9.14. The number of rotatable bonds is 8. The Hall–Kier alpha value is -2.58. The van der Waals surface area contributed by atoms with Gasteiger partial charge in [0.25, 0.3) is 5.91 Å². The SMILES string of the molecule is COc1cc(/C=C(/C#N)C(=O)N[C@@H](C)c2ccccc2)cc(I)c1OCc1ccc(I)cc1. The summed E-state index contributed by atoms with van der Waals surface area (Å²) in [5, 5.41) is 12.5. The summed E-state index contributed by atoms with van der Waals surface area (Å²) >= 11 is 4.43. The number of nitriles is 1. The second-order valence-electron chi connectivity index (χ2n) is 7.22. The number of hydrogen-bond acceptors (Lipinski definition) is 4. The molecule has 3 aromatic rings. The molecule has 0 saturated heterocycles. The van der Waals surface area contributed by atoms with Crippen molar-refractivity contribution in [3.05, 3.63) is 96.1 Å². The smallest absolute Gasteiger partial charge is 0.262 e. The van der Waals surface area contributed by atoms with Crippen molar-refractivity contribution in [2.24, 2.45) is 0 Å². The molecule has 0 aliphatic heterocycles. The fourth-order valence-corrected chi connectivity index (χ4v) is 4.25. The van der Waals surface area contributed by atoms with E-state index in [2.05, 4.69) is 50.5 Å². The molecule has 0 aromatic heterocycles. The van der Waals surface area contributed by atoms with Crippen molar-refractivity contribution in [1.82, 2.24) is 5.32 Å². The van der Waals surface area contributed by atoms with E-state index in [9.17, 15) is 10.1 Å². The van der Waals surface area contributed by atoms with E-state index in [-0.39, 0.29) is 11.6 Å². The highest BCUT2D eigenvalue weighted by molar-refractivity contribution is 14.1. The van der Waals surface area contributed by atoms with Crippen molar-refractivity contribution < 1.29 is 14.3 Å². The van der Waals surface area contributed by atoms with E-state index >= 15 is 0 Å². The van der Waals surface area contributed by atoms with Gasteiger partial charge in [-0.2, -0.15) is 5.26 Å². The van der Waals surface area contributed by atoms with Gasteiger partial charge in [0.15, 0.2) is 11.5 Å². The topological polar surface area (TPSA) is 71.3 Å². The third-order valence-electron chi connectivity index (χ3n) is 4.87. The maximum absolute atomic E-state index is 12.7. The fraction of sp³-hybridized carbons (Fsp3) is 0.154. The van der Waals surface area contributed by atoms with E-state index in [1.165, 1.54) is 0 Å². The molecule has 0 fully saturated rings. The summed E-state index contributed by atoms with van der Waals surface area (Å²) in [4.78, 5) is 12.7. The lowest BCUT2D eigenvalue weighted by Gasteiger charge is -2.15. The molecule has 0 unspecified atom stereocenters. The number of methoxy groups -OCH3 is 1. The third-order valence-corrected chi connectivity index (χ3v) is 6.39. The average Bonchev–Trinajstić information content (AvgIpc) is 2.83. The van der Waals surface area contributed by atoms with Crippen LogP contribution in [0, 0.1) is 18.5 Å². The minimum atomic E-state index is -0.429. The van der Waals surface area contributed by atoms with Gasteiger partial charge in [-0.3, -0.25) is 4.79 Å². The van der Waals surface area contributed by atoms with Crippen LogP contribution in [0.15, 0.2) is 72.3 Å². The van der Waals surface area contributed by atoms with E-state index in [1.54, 1.807) is 19.3 Å². The highest BCUT2D eigenvalue weighted by atomic mass is 127. The van der Waals surface area contributed by atoms with E-state index < -0.39 is 5.91 Å². The van der Waals surface area contributed by atoms with Crippen LogP contribution in [-0.4, -0.2) is 13.0 Å². The molecule has 3 rings (SSSR count). The lowest BCUT2D eigenvalue weighted by atomic mass is 10.1. The molecule has 0 aliphatic carbocycles. The molecular weight excluding hydrogens is 642 g/mol. The predicted molar refractivity (Wildman–Crippen MR) is 146 cm³/mol. The molecule has 0 radical (unpaired) electrons. The summed E-state index contributed by atoms with van der Waals surface area (Å²) in [6.45, 7) is 2.29. The van der Waals surface area contributed by atoms with Crippen LogP contribution in [0.5, 0.6) is 11.5 Å². The second kappa shape index (κ2) is 12.0. The number of carbonyl (C=O) groups excluding carboxylic acids is 1. The van der Waals surface area contributed by atoms with Crippen LogP contribution in [-0.2, 0) is 11.4 Å². The summed E-state index contributed by atoms with van der Waals surface area (Å²) in [6, 6.07) is 23.1. The Morgan fingerprint density at radius 3 is 2.45 bits per heavy atom. The van der Waals surface area contributed by atoms with Crippen molar-refractivity contribution in [2.75, 3.05) is 7.11 Å². The zero-order chi connectivity index (χ0) is 23.8. The molecule has 0 spiro atoms. The second-order valence-corrected chi connectivity index (χ2v) is 9.63. The van der Waals surface area contributed by atoms with E-state index in [0.29, 0.717) is 23.7 Å². The van der Waals surface area contributed by atoms with Crippen LogP contribution >= 0.6 is 45.2 Å². The number of nitrogens with one attached hydrogen (secondary N) is 1. The van der Waals surface area contributed by atoms with Crippen LogP contribution in [0.1, 0.15) is 29.7 Å². The highest BCUT2D eigenvalue weighted by Crippen LogP contribution is 2.35. The molecule has 33 heavy (non-hydrogen) atoms. The Labute approximate surface area is 221 Å². The van der Waals surface area contributed by atoms with Gasteiger partial charge in [-0.25, -0.2) is 0 Å². The number of carbonyl (C=O) groups is 1. The summed E-state index contributed by atoms with van der Waals surface area (Å²) in [6.07, 6.45) is 1.56. The third kappa shape index (κ3) is 6.95. The first kappa shape index (κ1) is 25.1. The van der Waals surface area contributed by atoms with Crippen LogP contribution in [0.2, 0.25) is 0 Å². The summed E-state index contributed by atoms with van der Waals surface area (Å²) in [5.41, 5.74) is 2.71. The monoisotopic (exact) mass is 664 g/mol. The van der Waals surface area contributed by atoms with Crippen LogP contribution < -0.4 is 14.8 Å². The normalized spacial score (nSPS) is 11.9. The number of hydrogen-bond donors (Lipinski definition) is 1. The van der Waals surface area contributed by atoms with Gasteiger partial charge in [-0.15, -0.1) is 0 Å². The molecule has 3 aromatic carbocycles. The van der Waals surface area contributed by atoms with E-state index in [1.807, 2.05) is 73.7 Å². The molecule has 7 heteroatoms. The molecular formula is C26H22I2N2O3. The Morgan fingerprint density at radius 2 is 1.82 bits per heavy atom. The largest absolute Gasteiger partial charge is 0.493 e. The Bertz CT molecular complexity index is 1190. The number of nitrogens with zero attached hydrogens (tertiary/aromatic N) is 1. The summed E-state index contributed by atoms with van der Waals surface area (Å²) in [5.74, 6) is 0.727. The van der Waals surface area contributed by atoms with Crippen molar-refractivity contribution in [1.29, 1.82) is 5.26 Å². The first-order chi connectivity index (χ1) is 15.9. The molecule has 5 nitrogen and oxygen atoms in total. The molecule has 0 saturated carbocycles. The van der Waals surface area contributed by atoms with Gasteiger partial charge in [0.2, 0.25) is 0 Å². The summed E-state index contributed by atoms with van der Waals surface area (Å²) < 4.78 is 13.5. The zero-order valence-corrected chi connectivity index (χ0v) is 22.5. The number of benzene rings is 3. The summed E-state index contributed by atoms with van der Waals surface area (Å²) in [7, 11) is 1.57. The molecule has 1 N–H and O–H groups in total. The average molecular weight is 664 g/mol. The minimum absolute atomic E-state index is 0.0168. The molecule has 168 valence electrons. The van der Waals surface area contributed by atoms with E-state index in [4.69, 9.17) is 9.47 Å². The van der Waals surface area contributed by atoms with Gasteiger partial charge < -0.3 is 14.8 Å². The van der Waals surface area contributed by atoms with Crippen LogP contribution in [0.25, 0.3) is 6.08 Å². The van der Waals surface area contributed by atoms with Gasteiger partial charge in [0, 0.05) is 3.57 Å². The maximum atomic E-state index is 12.7. The zero-order valence-electron chi connectivity index (χ0n) is 18.1.